The number of rotatable bonds is 5. The molecule has 0 aliphatic rings. The van der Waals surface area contributed by atoms with E-state index in [-0.39, 0.29) is 0 Å². The Labute approximate surface area is 81.5 Å². The molecule has 2 N–H and O–H groups in total. The summed E-state index contributed by atoms with van der Waals surface area (Å²) in [7, 11) is 0. The molecule has 13 heavy (non-hydrogen) atoms. The van der Waals surface area contributed by atoms with Crippen molar-refractivity contribution in [2.75, 3.05) is 13.1 Å². The van der Waals surface area contributed by atoms with Gasteiger partial charge in [0.1, 0.15) is 0 Å². The second-order valence-electron chi connectivity index (χ2n) is 3.45. The van der Waals surface area contributed by atoms with E-state index in [2.05, 4.69) is 26.1 Å². The number of carboxylic acids is 1. The van der Waals surface area contributed by atoms with Crippen LogP contribution in [0.2, 0.25) is 0 Å². The van der Waals surface area contributed by atoms with Gasteiger partial charge >= 0.3 is 0 Å². The molecule has 0 aliphatic heterocycles. The first-order valence-electron chi connectivity index (χ1n) is 4.90. The summed E-state index contributed by atoms with van der Waals surface area (Å²) < 4.78 is 0. The standard InChI is InChI=1S/C8H19N.C2H4O2/c1-4-6-9-7-5-8(2)3;1-2(3)4/h8-9H,4-7H2,1-3H3;1H3,(H,3,4). The van der Waals surface area contributed by atoms with Gasteiger partial charge in [0.15, 0.2) is 0 Å². The van der Waals surface area contributed by atoms with Crippen LogP contribution in [0.1, 0.15) is 40.5 Å². The SMILES string of the molecule is CC(=O)O.CCCNCCC(C)C. The number of hydrogen-bond acceptors (Lipinski definition) is 2. The summed E-state index contributed by atoms with van der Waals surface area (Å²) in [5, 5.41) is 10.8. The minimum absolute atomic E-state index is 0.833. The number of hydrogen-bond donors (Lipinski definition) is 2. The van der Waals surface area contributed by atoms with Crippen molar-refractivity contribution in [1.82, 2.24) is 5.32 Å². The van der Waals surface area contributed by atoms with Gasteiger partial charge in [-0.1, -0.05) is 20.8 Å². The van der Waals surface area contributed by atoms with Crippen LogP contribution in [0.5, 0.6) is 0 Å². The zero-order valence-corrected chi connectivity index (χ0v) is 9.26. The summed E-state index contributed by atoms with van der Waals surface area (Å²) in [5.74, 6) is 0.00866. The van der Waals surface area contributed by atoms with Gasteiger partial charge in [-0.25, -0.2) is 0 Å². The molecule has 0 aromatic heterocycles. The Morgan fingerprint density at radius 3 is 2.15 bits per heavy atom. The van der Waals surface area contributed by atoms with Crippen molar-refractivity contribution in [3.8, 4) is 0 Å². The summed E-state index contributed by atoms with van der Waals surface area (Å²) in [5.41, 5.74) is 0. The van der Waals surface area contributed by atoms with E-state index in [0.717, 1.165) is 12.8 Å². The highest BCUT2D eigenvalue weighted by molar-refractivity contribution is 5.62. The minimum atomic E-state index is -0.833. The Hall–Kier alpha value is -0.570. The van der Waals surface area contributed by atoms with Gasteiger partial charge in [-0.05, 0) is 31.8 Å². The summed E-state index contributed by atoms with van der Waals surface area (Å²) in [6.07, 6.45) is 2.55. The van der Waals surface area contributed by atoms with Gasteiger partial charge in [0, 0.05) is 6.92 Å². The lowest BCUT2D eigenvalue weighted by molar-refractivity contribution is -0.134. The molecular formula is C10H23NO2. The van der Waals surface area contributed by atoms with Crippen LogP contribution in [-0.2, 0) is 4.79 Å². The van der Waals surface area contributed by atoms with E-state index in [9.17, 15) is 0 Å². The lowest BCUT2D eigenvalue weighted by Gasteiger charge is -2.04. The fourth-order valence-corrected chi connectivity index (χ4v) is 0.693. The third kappa shape index (κ3) is 34.5. The minimum Gasteiger partial charge on any atom is -0.481 e. The van der Waals surface area contributed by atoms with E-state index in [1.165, 1.54) is 25.9 Å². The quantitative estimate of drug-likeness (QED) is 0.651. The summed E-state index contributed by atoms with van der Waals surface area (Å²) in [6.45, 7) is 10.2. The molecule has 0 amide bonds. The van der Waals surface area contributed by atoms with E-state index in [4.69, 9.17) is 9.90 Å². The van der Waals surface area contributed by atoms with Crippen LogP contribution < -0.4 is 5.32 Å². The number of aliphatic carboxylic acids is 1. The third-order valence-corrected chi connectivity index (χ3v) is 1.33. The predicted molar refractivity (Wildman–Crippen MR) is 55.9 cm³/mol. The second kappa shape index (κ2) is 11.4. The van der Waals surface area contributed by atoms with Crippen LogP contribution in [-0.4, -0.2) is 24.2 Å². The summed E-state index contributed by atoms with van der Waals surface area (Å²) >= 11 is 0. The summed E-state index contributed by atoms with van der Waals surface area (Å²) in [4.78, 5) is 9.00. The molecule has 3 heteroatoms. The molecule has 3 nitrogen and oxygen atoms in total. The molecule has 0 aromatic rings. The highest BCUT2D eigenvalue weighted by atomic mass is 16.4. The van der Waals surface area contributed by atoms with E-state index in [1.807, 2.05) is 0 Å². The van der Waals surface area contributed by atoms with Crippen molar-refractivity contribution in [2.45, 2.75) is 40.5 Å². The summed E-state index contributed by atoms with van der Waals surface area (Å²) in [6, 6.07) is 0. The van der Waals surface area contributed by atoms with Crippen LogP contribution in [0.4, 0.5) is 0 Å². The van der Waals surface area contributed by atoms with Crippen LogP contribution >= 0.6 is 0 Å². The molecule has 0 atom stereocenters. The average molecular weight is 189 g/mol. The average Bonchev–Trinajstić information content (AvgIpc) is 1.97. The van der Waals surface area contributed by atoms with Gasteiger partial charge in [0.05, 0.1) is 0 Å². The largest absolute Gasteiger partial charge is 0.481 e. The first kappa shape index (κ1) is 14.9. The molecule has 0 bridgehead atoms. The van der Waals surface area contributed by atoms with Gasteiger partial charge in [-0.3, -0.25) is 4.79 Å². The van der Waals surface area contributed by atoms with Crippen LogP contribution in [0, 0.1) is 5.92 Å². The monoisotopic (exact) mass is 189 g/mol. The number of carboxylic acid groups (broad SMARTS) is 1. The van der Waals surface area contributed by atoms with Crippen molar-refractivity contribution < 1.29 is 9.90 Å². The van der Waals surface area contributed by atoms with Crippen LogP contribution in [0.25, 0.3) is 0 Å². The van der Waals surface area contributed by atoms with Crippen LogP contribution in [0.3, 0.4) is 0 Å². The van der Waals surface area contributed by atoms with Crippen LogP contribution in [0.15, 0.2) is 0 Å². The van der Waals surface area contributed by atoms with Crippen molar-refractivity contribution >= 4 is 5.97 Å². The highest BCUT2D eigenvalue weighted by Crippen LogP contribution is 1.95. The lowest BCUT2D eigenvalue weighted by atomic mass is 10.1. The fourth-order valence-electron chi connectivity index (χ4n) is 0.693. The molecule has 0 fully saturated rings. The number of nitrogens with one attached hydrogen (secondary N) is 1. The van der Waals surface area contributed by atoms with Crippen molar-refractivity contribution in [3.05, 3.63) is 0 Å². The predicted octanol–water partition coefficient (Wildman–Crippen LogP) is 2.12. The molecule has 0 aliphatic carbocycles. The normalized spacial score (nSPS) is 9.31. The zero-order chi connectivity index (χ0) is 10.7. The first-order chi connectivity index (χ1) is 6.00. The zero-order valence-electron chi connectivity index (χ0n) is 9.26. The van der Waals surface area contributed by atoms with E-state index >= 15 is 0 Å². The lowest BCUT2D eigenvalue weighted by Crippen LogP contribution is -2.17. The molecule has 0 aromatic carbocycles. The molecule has 0 radical (unpaired) electrons. The van der Waals surface area contributed by atoms with E-state index < -0.39 is 5.97 Å². The third-order valence-electron chi connectivity index (χ3n) is 1.33. The van der Waals surface area contributed by atoms with Gasteiger partial charge in [-0.2, -0.15) is 0 Å². The Balaban J connectivity index is 0. The smallest absolute Gasteiger partial charge is 0.300 e. The Morgan fingerprint density at radius 1 is 1.38 bits per heavy atom. The number of carbonyl (C=O) groups is 1. The van der Waals surface area contributed by atoms with Gasteiger partial charge in [0.25, 0.3) is 5.97 Å². The molecule has 0 saturated carbocycles. The second-order valence-corrected chi connectivity index (χ2v) is 3.45. The Morgan fingerprint density at radius 2 is 1.85 bits per heavy atom. The van der Waals surface area contributed by atoms with E-state index in [1.54, 1.807) is 0 Å². The molecule has 0 heterocycles. The van der Waals surface area contributed by atoms with Crippen molar-refractivity contribution in [2.24, 2.45) is 5.92 Å². The topological polar surface area (TPSA) is 49.3 Å². The maximum absolute atomic E-state index is 9.00. The maximum Gasteiger partial charge on any atom is 0.300 e. The molecule has 0 saturated heterocycles. The molecule has 0 rings (SSSR count). The molecular weight excluding hydrogens is 166 g/mol. The van der Waals surface area contributed by atoms with Crippen molar-refractivity contribution in [3.63, 3.8) is 0 Å². The highest BCUT2D eigenvalue weighted by Gasteiger charge is 1.90. The Kier molecular flexibility index (Phi) is 13.1. The Bertz CT molecular complexity index is 109. The first-order valence-corrected chi connectivity index (χ1v) is 4.90. The maximum atomic E-state index is 9.00. The van der Waals surface area contributed by atoms with Gasteiger partial charge in [-0.15, -0.1) is 0 Å². The van der Waals surface area contributed by atoms with Crippen molar-refractivity contribution in [1.29, 1.82) is 0 Å². The van der Waals surface area contributed by atoms with Gasteiger partial charge < -0.3 is 10.4 Å². The molecule has 80 valence electrons. The fraction of sp³-hybridized carbons (Fsp3) is 0.900. The van der Waals surface area contributed by atoms with E-state index in [0.29, 0.717) is 0 Å². The molecule has 0 spiro atoms. The molecule has 0 unspecified atom stereocenters. The van der Waals surface area contributed by atoms with Gasteiger partial charge in [0.2, 0.25) is 0 Å².